The number of halogens is 1. The SMILES string of the molecule is CC[C@@]1(O)C(=O)OCc2c1cc1n(c2=O)Cc2c-1nc1cc(F)c(C)c3c1c2[C@@H](NC(=O)COCNC(=O)CNC(=O)[C@@](C)(Cc1ccccc1)NC(=O)CNC(=O)CNC(=O)CCCCCN1C(=O)CC(SC[C@H](NC(=O)CCC(C)(NC(=O)c2ccc(NCc4cnc5[nH]c(N)nc(=O)c5n4)cc2)C(=O)O)C(=O)N[C@](C)(CCCCN)C(N)=O)C1=O)CC3. The zero-order chi connectivity index (χ0) is 90.4. The smallest absolute Gasteiger partial charge is 0.343 e. The fourth-order valence-corrected chi connectivity index (χ4v) is 16.4. The standard InChI is InChI=1S/C83H99FN20O20S/c1-6-83(122)51-29-56-67-49(38-104(56)73(115)50(51)39-124-78(83)121)66-53(23-22-48-43(2)52(84)30-54(97-67)65(48)66)95-63(110)40-123-42-93-61(108)36-92-76(118)82(5,32-44-15-9-7-10-16-44)100-62(109)37-90-60(107)35-89-58(105)17-11-8-14-28-103-64(111)31-57(74(103)116)125-41-55(71(113)102-80(3,75(86)117)25-12-13-27-85)96-59(106)24-26-81(4,77(119)120)101-70(112)45-18-20-46(21-19-45)88-33-47-34-91-69-68(94-47)72(114)99-79(87)98-69/h7,9-10,15-16,18-21,29-30,34,53,55,57,88,122H,6,8,11-14,17,22-28,31-33,35-42,85H2,1-5H3,(H2,86,117)(H,89,105)(H,90,107)(H,92,118)(H,93,108)(H,95,110)(H,96,106)(H,100,109)(H,101,112)(H,102,113)(H,119,120)(H3,87,91,98,99,114)/t53-,55-,57?,80+,81?,82+,83-/m0/s1. The van der Waals surface area contributed by atoms with E-state index in [-0.39, 0.29) is 123 Å². The van der Waals surface area contributed by atoms with Gasteiger partial charge in [0.05, 0.1) is 78.4 Å². The summed E-state index contributed by atoms with van der Waals surface area (Å²) in [6.07, 6.45) is 2.35. The molecule has 0 spiro atoms. The molecular weight excluding hydrogens is 1650 g/mol. The first-order valence-electron chi connectivity index (χ1n) is 40.6. The van der Waals surface area contributed by atoms with E-state index in [4.69, 9.17) is 31.7 Å². The monoisotopic (exact) mass is 1750 g/mol. The number of aliphatic carboxylic acids is 1. The average Bonchev–Trinajstić information content (AvgIpc) is 1.57. The third-order valence-electron chi connectivity index (χ3n) is 22.4. The molecular formula is C83H99FN20O20S. The molecule has 3 aliphatic heterocycles. The van der Waals surface area contributed by atoms with Gasteiger partial charge in [0.25, 0.3) is 11.5 Å². The molecule has 0 bridgehead atoms. The first-order chi connectivity index (χ1) is 59.4. The van der Waals surface area contributed by atoms with Crippen LogP contribution in [-0.2, 0) is 110 Å². The average molecular weight is 1750 g/mol. The van der Waals surface area contributed by atoms with Crippen LogP contribution in [0.3, 0.4) is 0 Å². The van der Waals surface area contributed by atoms with Crippen molar-refractivity contribution >= 4 is 128 Å². The Kier molecular flexibility index (Phi) is 29.6. The maximum Gasteiger partial charge on any atom is 0.343 e. The summed E-state index contributed by atoms with van der Waals surface area (Å²) in [5.74, 6) is -12.1. The van der Waals surface area contributed by atoms with Crippen molar-refractivity contribution in [2.24, 2.45) is 11.5 Å². The molecule has 7 aromatic rings. The number of carbonyl (C=O) groups is 14. The lowest BCUT2D eigenvalue weighted by atomic mass is 9.81. The fourth-order valence-electron chi connectivity index (χ4n) is 15.2. The van der Waals surface area contributed by atoms with Gasteiger partial charge in [0.15, 0.2) is 16.8 Å². The minimum absolute atomic E-state index is 0.0155. The third kappa shape index (κ3) is 21.9. The van der Waals surface area contributed by atoms with Crippen LogP contribution < -0.4 is 81.5 Å². The Morgan fingerprint density at radius 1 is 0.784 bits per heavy atom. The molecule has 7 atom stereocenters. The van der Waals surface area contributed by atoms with E-state index in [0.29, 0.717) is 88.1 Å². The van der Waals surface area contributed by atoms with Crippen LogP contribution in [0.2, 0.25) is 0 Å². The molecule has 12 amide bonds. The van der Waals surface area contributed by atoms with E-state index in [0.717, 1.165) is 16.7 Å². The normalized spacial score (nSPS) is 17.2. The maximum atomic E-state index is 15.5. The second-order valence-corrected chi connectivity index (χ2v) is 32.9. The van der Waals surface area contributed by atoms with Crippen molar-refractivity contribution in [1.82, 2.24) is 82.2 Å². The molecule has 4 aromatic heterocycles. The summed E-state index contributed by atoms with van der Waals surface area (Å²) in [6.45, 7) is 4.46. The highest BCUT2D eigenvalue weighted by Gasteiger charge is 2.47. The Bertz CT molecular complexity index is 5570. The number of likely N-dealkylation sites (tertiary alicyclic amines) is 1. The Morgan fingerprint density at radius 3 is 2.22 bits per heavy atom. The van der Waals surface area contributed by atoms with Crippen LogP contribution in [0.25, 0.3) is 33.5 Å². The second-order valence-electron chi connectivity index (χ2n) is 31.6. The van der Waals surface area contributed by atoms with E-state index in [1.165, 1.54) is 61.9 Å². The van der Waals surface area contributed by atoms with Crippen molar-refractivity contribution in [3.8, 4) is 11.4 Å². The molecule has 1 aliphatic carbocycles. The molecule has 0 radical (unpaired) electrons. The number of aromatic amines is 1. The number of nitrogens with two attached hydrogens (primary N) is 3. The van der Waals surface area contributed by atoms with Crippen LogP contribution in [-0.4, -0.2) is 207 Å². The number of aliphatic hydroxyl groups is 1. The van der Waals surface area contributed by atoms with E-state index in [2.05, 4.69) is 73.1 Å². The number of rotatable bonds is 42. The van der Waals surface area contributed by atoms with Gasteiger partial charge in [0.1, 0.15) is 48.4 Å². The van der Waals surface area contributed by atoms with Crippen molar-refractivity contribution in [1.29, 1.82) is 0 Å². The molecule has 125 heavy (non-hydrogen) atoms. The second kappa shape index (κ2) is 40.0. The predicted molar refractivity (Wildman–Crippen MR) is 449 cm³/mol. The highest BCUT2D eigenvalue weighted by atomic mass is 32.2. The lowest BCUT2D eigenvalue weighted by Crippen LogP contribution is -2.60. The van der Waals surface area contributed by atoms with Crippen molar-refractivity contribution in [3.63, 3.8) is 0 Å². The van der Waals surface area contributed by atoms with Gasteiger partial charge in [-0.15, -0.1) is 11.8 Å². The molecule has 1 fully saturated rings. The molecule has 2 unspecified atom stereocenters. The first kappa shape index (κ1) is 92.5. The minimum Gasteiger partial charge on any atom is -0.480 e. The summed E-state index contributed by atoms with van der Waals surface area (Å²) in [6, 6.07) is 15.2. The van der Waals surface area contributed by atoms with Gasteiger partial charge in [-0.3, -0.25) is 72.0 Å². The number of unbranched alkanes of at least 4 members (excludes halogenated alkanes) is 3. The summed E-state index contributed by atoms with van der Waals surface area (Å²) >= 11 is 0.880. The van der Waals surface area contributed by atoms with E-state index in [1.54, 1.807) is 50.2 Å². The van der Waals surface area contributed by atoms with Crippen LogP contribution in [0.5, 0.6) is 0 Å². The van der Waals surface area contributed by atoms with Crippen LogP contribution in [0, 0.1) is 12.7 Å². The number of hydrogen-bond acceptors (Lipinski definition) is 27. The Labute approximate surface area is 717 Å². The molecule has 1 saturated heterocycles. The van der Waals surface area contributed by atoms with E-state index >= 15 is 4.39 Å². The maximum absolute atomic E-state index is 15.5. The summed E-state index contributed by atoms with van der Waals surface area (Å²) in [5, 5.41) is 47.6. The van der Waals surface area contributed by atoms with E-state index < -0.39 is 185 Å². The Morgan fingerprint density at radius 2 is 1.50 bits per heavy atom. The summed E-state index contributed by atoms with van der Waals surface area (Å²) < 4.78 is 27.7. The van der Waals surface area contributed by atoms with Gasteiger partial charge in [-0.2, -0.15) is 4.98 Å². The number of thioether (sulfide) groups is 1. The number of carboxylic acid groups (broad SMARTS) is 1. The quantitative estimate of drug-likeness (QED) is 0.0102. The van der Waals surface area contributed by atoms with Gasteiger partial charge in [-0.1, -0.05) is 43.7 Å². The fraction of sp³-hybridized carbons (Fsp3) is 0.446. The molecule has 19 N–H and O–H groups in total. The highest BCUT2D eigenvalue weighted by Crippen LogP contribution is 2.46. The number of nitrogens with one attached hydrogen (secondary N) is 11. The van der Waals surface area contributed by atoms with Crippen LogP contribution in [0.1, 0.15) is 166 Å². The topological polar surface area (TPSA) is 606 Å². The van der Waals surface area contributed by atoms with Crippen molar-refractivity contribution in [3.05, 3.63) is 150 Å². The number of cyclic esters (lactones) is 1. The zero-order valence-corrected chi connectivity index (χ0v) is 70.1. The van der Waals surface area contributed by atoms with Crippen molar-refractivity contribution < 1.29 is 91.2 Å². The number of nitrogen functional groups attached to an aromatic ring is 1. The summed E-state index contributed by atoms with van der Waals surface area (Å²) in [4.78, 5) is 234. The van der Waals surface area contributed by atoms with Gasteiger partial charge in [-0.05, 0) is 145 Å². The number of hydrogen-bond donors (Lipinski definition) is 16. The van der Waals surface area contributed by atoms with Gasteiger partial charge in [0, 0.05) is 71.8 Å². The highest BCUT2D eigenvalue weighted by molar-refractivity contribution is 8.00. The lowest BCUT2D eigenvalue weighted by Gasteiger charge is -2.31. The number of H-pyrrole nitrogens is 1. The van der Waals surface area contributed by atoms with Gasteiger partial charge in [-0.25, -0.2) is 28.9 Å². The number of amides is 12. The number of aryl methyl sites for hydroxylation is 1. The molecule has 11 rings (SSSR count). The van der Waals surface area contributed by atoms with Crippen LogP contribution >= 0.6 is 11.8 Å². The largest absolute Gasteiger partial charge is 0.480 e. The molecule has 7 heterocycles. The summed E-state index contributed by atoms with van der Waals surface area (Å²) in [5.41, 5.74) is 13.5. The first-order valence-corrected chi connectivity index (χ1v) is 41.6. The number of nitrogens with zero attached hydrogens (tertiary/aromatic N) is 6. The van der Waals surface area contributed by atoms with Gasteiger partial charge < -0.3 is 99.6 Å². The third-order valence-corrected chi connectivity index (χ3v) is 23.7. The number of benzene rings is 3. The number of primary amides is 1. The van der Waals surface area contributed by atoms with Crippen LogP contribution in [0.4, 0.5) is 16.0 Å². The molecule has 3 aromatic carbocycles. The Balaban J connectivity index is 0.596. The number of pyridine rings is 2. The van der Waals surface area contributed by atoms with Gasteiger partial charge in [0.2, 0.25) is 70.9 Å². The number of carboxylic acids is 1. The molecule has 0 saturated carbocycles. The number of esters is 1. The zero-order valence-electron chi connectivity index (χ0n) is 69.3. The van der Waals surface area contributed by atoms with Gasteiger partial charge >= 0.3 is 17.5 Å². The van der Waals surface area contributed by atoms with Crippen molar-refractivity contribution in [2.45, 2.75) is 184 Å². The number of ether oxygens (including phenoxy) is 2. The molecule has 40 nitrogen and oxygen atoms in total. The molecule has 4 aliphatic rings. The number of carbonyl (C=O) groups excluding carboxylic acids is 13. The lowest BCUT2D eigenvalue weighted by molar-refractivity contribution is -0.172. The van der Waals surface area contributed by atoms with Crippen LogP contribution in [0.15, 0.2) is 82.5 Å². The predicted octanol–water partition coefficient (Wildman–Crippen LogP) is -0.143. The number of fused-ring (bicyclic) bond motifs is 6. The van der Waals surface area contributed by atoms with E-state index in [9.17, 15) is 86.9 Å². The van der Waals surface area contributed by atoms with Crippen molar-refractivity contribution in [2.75, 3.05) is 62.9 Å². The molecule has 42 heteroatoms. The molecule has 664 valence electrons. The number of anilines is 2. The summed E-state index contributed by atoms with van der Waals surface area (Å²) in [7, 11) is 0. The van der Waals surface area contributed by atoms with E-state index in [1.807, 2.05) is 0 Å². The number of aromatic nitrogens is 6. The number of imide groups is 1. The minimum atomic E-state index is -2.09. The Hall–Kier alpha value is -13.2.